The second kappa shape index (κ2) is 11.2. The van der Waals surface area contributed by atoms with Gasteiger partial charge in [0.05, 0.1) is 7.11 Å². The highest BCUT2D eigenvalue weighted by molar-refractivity contribution is 6.76. The maximum Gasteiger partial charge on any atom is 0.272 e. The van der Waals surface area contributed by atoms with Crippen molar-refractivity contribution in [2.45, 2.75) is 38.2 Å². The smallest absolute Gasteiger partial charge is 0.272 e. The van der Waals surface area contributed by atoms with E-state index in [2.05, 4.69) is 5.32 Å². The molecule has 1 aromatic rings. The van der Waals surface area contributed by atoms with Crippen LogP contribution in [0.2, 0.25) is 0 Å². The zero-order valence-corrected chi connectivity index (χ0v) is 21.1. The number of hydrogen-bond acceptors (Lipinski definition) is 8. The van der Waals surface area contributed by atoms with Gasteiger partial charge in [-0.2, -0.15) is 0 Å². The molecule has 33 heavy (non-hydrogen) atoms. The van der Waals surface area contributed by atoms with Gasteiger partial charge in [-0.05, 0) is 0 Å². The van der Waals surface area contributed by atoms with Crippen molar-refractivity contribution >= 4 is 87.2 Å². The number of carbonyl (C=O) groups excluding carboxylic acids is 1. The summed E-state index contributed by atoms with van der Waals surface area (Å²) in [5.74, 6) is -2.88. The lowest BCUT2D eigenvalue weighted by Crippen LogP contribution is -2.65. The Morgan fingerprint density at radius 3 is 2.12 bits per heavy atom. The zero-order valence-electron chi connectivity index (χ0n) is 16.5. The summed E-state index contributed by atoms with van der Waals surface area (Å²) in [6.45, 7) is 0. The molecule has 2 rings (SSSR count). The predicted octanol–water partition coefficient (Wildman–Crippen LogP) is 3.23. The first kappa shape index (κ1) is 28.4. The lowest BCUT2D eigenvalue weighted by Gasteiger charge is -2.43. The fraction of sp³-hybridized carbons (Fsp3) is 0.444. The summed E-state index contributed by atoms with van der Waals surface area (Å²) >= 11 is 33.5. The largest absolute Gasteiger partial charge is 0.506 e. The van der Waals surface area contributed by atoms with E-state index in [0.29, 0.717) is 5.56 Å². The van der Waals surface area contributed by atoms with Crippen LogP contribution in [0.25, 0.3) is 5.76 Å². The van der Waals surface area contributed by atoms with Crippen LogP contribution >= 0.6 is 69.6 Å². The number of aliphatic hydroxyl groups excluding tert-OH is 3. The molecule has 1 amide bonds. The molecule has 184 valence electrons. The molecule has 5 N–H and O–H groups in total. The van der Waals surface area contributed by atoms with Crippen LogP contribution in [0.3, 0.4) is 0 Å². The number of benzene rings is 1. The van der Waals surface area contributed by atoms with Gasteiger partial charge in [0, 0.05) is 5.56 Å². The molecule has 9 nitrogen and oxygen atoms in total. The minimum Gasteiger partial charge on any atom is -0.506 e. The van der Waals surface area contributed by atoms with Gasteiger partial charge in [-0.25, -0.2) is 0 Å². The summed E-state index contributed by atoms with van der Waals surface area (Å²) in [6, 6.07) is 6.67. The monoisotopic (exact) mass is 584 g/mol. The number of rotatable bonds is 5. The molecule has 1 aliphatic heterocycles. The van der Waals surface area contributed by atoms with Gasteiger partial charge < -0.3 is 34.8 Å². The summed E-state index contributed by atoms with van der Waals surface area (Å²) in [7, 11) is 1.26. The SMILES string of the molecule is COC(=C(O)[C@H]1O[C@H](OC(=N)C(Cl)(Cl)Cl)[C@H](NC(=O)C(Cl)(Cl)Cl)[C@@H](O)[C@H]1O)c1ccccc1. The Bertz CT molecular complexity index is 891. The van der Waals surface area contributed by atoms with E-state index in [4.69, 9.17) is 89.2 Å². The van der Waals surface area contributed by atoms with Gasteiger partial charge in [0.15, 0.2) is 17.6 Å². The Balaban J connectivity index is 2.46. The predicted molar refractivity (Wildman–Crippen MR) is 125 cm³/mol. The summed E-state index contributed by atoms with van der Waals surface area (Å²) in [5, 5.41) is 42.0. The Labute approximate surface area is 218 Å². The lowest BCUT2D eigenvalue weighted by atomic mass is 9.94. The number of carbonyl (C=O) groups is 1. The van der Waals surface area contributed by atoms with Crippen molar-refractivity contribution in [3.8, 4) is 0 Å². The van der Waals surface area contributed by atoms with E-state index in [-0.39, 0.29) is 5.76 Å². The molecule has 0 radical (unpaired) electrons. The molecule has 15 heteroatoms. The third-order valence-corrected chi connectivity index (χ3v) is 5.42. The van der Waals surface area contributed by atoms with Crippen molar-refractivity contribution in [1.29, 1.82) is 5.41 Å². The van der Waals surface area contributed by atoms with Crippen LogP contribution in [0.1, 0.15) is 5.56 Å². The maximum atomic E-state index is 12.1. The minimum atomic E-state index is -2.45. The fourth-order valence-corrected chi connectivity index (χ4v) is 3.15. The third kappa shape index (κ3) is 7.06. The first-order valence-corrected chi connectivity index (χ1v) is 11.2. The van der Waals surface area contributed by atoms with Crippen LogP contribution in [-0.2, 0) is 19.0 Å². The summed E-state index contributed by atoms with van der Waals surface area (Å²) in [5.41, 5.74) is 0.418. The van der Waals surface area contributed by atoms with E-state index in [1.807, 2.05) is 0 Å². The van der Waals surface area contributed by atoms with E-state index in [0.717, 1.165) is 0 Å². The molecule has 0 bridgehead atoms. The minimum absolute atomic E-state index is 0.0918. The topological polar surface area (TPSA) is 141 Å². The maximum absolute atomic E-state index is 12.1. The van der Waals surface area contributed by atoms with Crippen molar-refractivity contribution < 1.29 is 34.3 Å². The number of halogens is 6. The van der Waals surface area contributed by atoms with E-state index >= 15 is 0 Å². The fourth-order valence-electron chi connectivity index (χ4n) is 2.85. The van der Waals surface area contributed by atoms with Gasteiger partial charge in [0.1, 0.15) is 18.2 Å². The molecule has 1 aliphatic rings. The van der Waals surface area contributed by atoms with E-state index in [1.165, 1.54) is 7.11 Å². The normalized spacial score (nSPS) is 26.8. The number of methoxy groups -OCH3 is 1. The van der Waals surface area contributed by atoms with E-state index in [1.54, 1.807) is 30.3 Å². The van der Waals surface area contributed by atoms with Crippen molar-refractivity contribution in [3.63, 3.8) is 0 Å². The van der Waals surface area contributed by atoms with Crippen LogP contribution in [0.5, 0.6) is 0 Å². The number of amides is 1. The second-order valence-electron chi connectivity index (χ2n) is 6.63. The number of hydrogen-bond donors (Lipinski definition) is 5. The highest BCUT2D eigenvalue weighted by atomic mass is 35.6. The number of alkyl halides is 6. The molecular formula is C18H18Cl6N2O7. The lowest BCUT2D eigenvalue weighted by molar-refractivity contribution is -0.238. The summed E-state index contributed by atoms with van der Waals surface area (Å²) in [4.78, 5) is 12.1. The van der Waals surface area contributed by atoms with Crippen LogP contribution in [0, 0.1) is 5.41 Å². The number of ether oxygens (including phenoxy) is 3. The van der Waals surface area contributed by atoms with Crippen molar-refractivity contribution in [2.24, 2.45) is 0 Å². The van der Waals surface area contributed by atoms with E-state index < -0.39 is 55.8 Å². The van der Waals surface area contributed by atoms with Crippen LogP contribution in [-0.4, -0.2) is 72.5 Å². The molecule has 1 saturated heterocycles. The molecule has 0 aliphatic carbocycles. The van der Waals surface area contributed by atoms with Gasteiger partial charge in [-0.1, -0.05) is 99.9 Å². The van der Waals surface area contributed by atoms with Gasteiger partial charge in [-0.15, -0.1) is 0 Å². The van der Waals surface area contributed by atoms with E-state index in [9.17, 15) is 20.1 Å². The Hall–Kier alpha value is -0.880. The number of aliphatic hydroxyl groups is 3. The average molecular weight is 587 g/mol. The summed E-state index contributed by atoms with van der Waals surface area (Å²) in [6.07, 6.45) is -7.17. The van der Waals surface area contributed by atoms with Gasteiger partial charge in [-0.3, -0.25) is 10.2 Å². The molecule has 0 aromatic heterocycles. The molecule has 1 fully saturated rings. The molecular weight excluding hydrogens is 569 g/mol. The van der Waals surface area contributed by atoms with Crippen molar-refractivity contribution in [1.82, 2.24) is 5.32 Å². The Kier molecular flexibility index (Phi) is 9.66. The summed E-state index contributed by atoms with van der Waals surface area (Å²) < 4.78 is 11.2. The standard InChI is InChI=1S/C18H18Cl6N2O7/c1-31-12(7-5-3-2-4-6-7)11(29)13-10(28)9(27)8(26-16(30)18(22,23)24)14(32-13)33-15(25)17(19,20)21/h2-6,8-10,13-14,25,27-29H,1H3,(H,26,30)/t8-,9-,10-,13+,14-/m1/s1. The van der Waals surface area contributed by atoms with Crippen LogP contribution in [0.15, 0.2) is 36.1 Å². The molecule has 5 atom stereocenters. The molecule has 0 unspecified atom stereocenters. The van der Waals surface area contributed by atoms with Gasteiger partial charge >= 0.3 is 0 Å². The highest BCUT2D eigenvalue weighted by Gasteiger charge is 2.51. The van der Waals surface area contributed by atoms with Gasteiger partial charge in [0.2, 0.25) is 12.2 Å². The van der Waals surface area contributed by atoms with Crippen molar-refractivity contribution in [3.05, 3.63) is 41.7 Å². The first-order chi connectivity index (χ1) is 15.2. The third-order valence-electron chi connectivity index (χ3n) is 4.39. The molecule has 0 saturated carbocycles. The highest BCUT2D eigenvalue weighted by Crippen LogP contribution is 2.34. The first-order valence-electron chi connectivity index (χ1n) is 8.92. The van der Waals surface area contributed by atoms with Crippen LogP contribution in [0.4, 0.5) is 0 Å². The number of nitrogens with one attached hydrogen (secondary N) is 2. The molecule has 1 heterocycles. The van der Waals surface area contributed by atoms with Crippen LogP contribution < -0.4 is 5.32 Å². The quantitative estimate of drug-likeness (QED) is 0.154. The van der Waals surface area contributed by atoms with Gasteiger partial charge in [0.25, 0.3) is 13.5 Å². The Morgan fingerprint density at radius 1 is 1.06 bits per heavy atom. The molecule has 0 spiro atoms. The zero-order chi connectivity index (χ0) is 25.1. The second-order valence-corrected chi connectivity index (χ2v) is 11.2. The molecule has 1 aromatic carbocycles. The Morgan fingerprint density at radius 2 is 1.64 bits per heavy atom. The average Bonchev–Trinajstić information content (AvgIpc) is 2.72. The van der Waals surface area contributed by atoms with Crippen molar-refractivity contribution in [2.75, 3.05) is 7.11 Å².